The fraction of sp³-hybridized carbons (Fsp3) is 1.00. The normalized spacial score (nSPS) is 43.6. The van der Waals surface area contributed by atoms with Crippen LogP contribution in [0.25, 0.3) is 0 Å². The van der Waals surface area contributed by atoms with E-state index < -0.39 is 0 Å². The summed E-state index contributed by atoms with van der Waals surface area (Å²) in [5, 5.41) is 1.12. The Bertz CT molecular complexity index is 905. The van der Waals surface area contributed by atoms with Crippen LogP contribution in [0.3, 0.4) is 0 Å². The summed E-state index contributed by atoms with van der Waals surface area (Å²) in [5.74, 6) is 4.62. The molecule has 0 aromatic heterocycles. The van der Waals surface area contributed by atoms with Gasteiger partial charge in [-0.25, -0.2) is 0 Å². The van der Waals surface area contributed by atoms with Gasteiger partial charge in [0, 0.05) is 5.16 Å². The van der Waals surface area contributed by atoms with Gasteiger partial charge >= 0.3 is 0 Å². The van der Waals surface area contributed by atoms with Gasteiger partial charge in [-0.2, -0.15) is 0 Å². The predicted octanol–water partition coefficient (Wildman–Crippen LogP) is 14.6. The third kappa shape index (κ3) is 8.70. The van der Waals surface area contributed by atoms with Crippen LogP contribution in [-0.4, -0.2) is 33.5 Å². The predicted molar refractivity (Wildman–Crippen MR) is 268 cm³/mol. The van der Waals surface area contributed by atoms with Crippen molar-refractivity contribution in [3.8, 4) is 0 Å². The summed E-state index contributed by atoms with van der Waals surface area (Å²) in [6.07, 6.45) is 11.9. The van der Waals surface area contributed by atoms with Crippen LogP contribution in [0.5, 0.6) is 0 Å². The lowest BCUT2D eigenvalue weighted by molar-refractivity contribution is 0.00392. The van der Waals surface area contributed by atoms with Crippen LogP contribution in [0.15, 0.2) is 0 Å². The second kappa shape index (κ2) is 18.8. The topological polar surface area (TPSA) is 0 Å². The lowest BCUT2D eigenvalue weighted by Crippen LogP contribution is -2.66. The van der Waals surface area contributed by atoms with Crippen LogP contribution >= 0.6 is 175 Å². The van der Waals surface area contributed by atoms with Gasteiger partial charge in [0.05, 0.1) is 0 Å². The molecule has 4 aliphatic carbocycles. The van der Waals surface area contributed by atoms with Gasteiger partial charge in [0.2, 0.25) is 0 Å². The van der Waals surface area contributed by atoms with E-state index in [4.69, 9.17) is 0 Å². The molecule has 4 rings (SSSR count). The molecule has 4 fully saturated rings. The number of hydrogen-bond acceptors (Lipinski definition) is 0. The molecule has 0 bridgehead atoms. The molecule has 0 N–H and O–H groups in total. The Morgan fingerprint density at radius 3 is 1.95 bits per heavy atom. The summed E-state index contributed by atoms with van der Waals surface area (Å²) in [7, 11) is 43.0. The van der Waals surface area contributed by atoms with Crippen LogP contribution in [0.1, 0.15) is 58.8 Å². The van der Waals surface area contributed by atoms with Gasteiger partial charge in [-0.05, 0) is 130 Å². The van der Waals surface area contributed by atoms with E-state index in [0.29, 0.717) is 15.7 Å². The van der Waals surface area contributed by atoms with E-state index in [2.05, 4.69) is 121 Å². The Hall–Kier alpha value is 9.03. The molecule has 246 valence electrons. The summed E-state index contributed by atoms with van der Waals surface area (Å²) in [6.45, 7) is 5.33. The second-order valence-electron chi connectivity index (χ2n) is 13.5. The Morgan fingerprint density at radius 1 is 0.762 bits per heavy atom. The van der Waals surface area contributed by atoms with Crippen molar-refractivity contribution in [3.05, 3.63) is 0 Å². The molecule has 0 radical (unpaired) electrons. The fourth-order valence-electron chi connectivity index (χ4n) is 10.1. The smallest absolute Gasteiger partial charge is 0.00432 e. The molecule has 0 saturated heterocycles. The number of hydrogen-bond donors (Lipinski definition) is 0. The molecule has 21 heteroatoms. The number of rotatable bonds is 11. The Balaban J connectivity index is 1.91. The molecule has 0 aromatic rings. The van der Waals surface area contributed by atoms with E-state index >= 15 is 0 Å². The van der Waals surface area contributed by atoms with Crippen LogP contribution < -0.4 is 0 Å². The molecule has 0 amide bonds. The van der Waals surface area contributed by atoms with Crippen molar-refractivity contribution in [2.45, 2.75) is 86.1 Å². The molecular formula is C21H57P21. The minimum absolute atomic E-state index is 0.00447. The van der Waals surface area contributed by atoms with Crippen molar-refractivity contribution in [2.24, 2.45) is 35.0 Å². The minimum atomic E-state index is -0.142. The zero-order valence-electron chi connectivity index (χ0n) is 24.9. The van der Waals surface area contributed by atoms with Gasteiger partial charge in [0.1, 0.15) is 0 Å². The van der Waals surface area contributed by atoms with Gasteiger partial charge in [0.25, 0.3) is 0 Å². The summed E-state index contributed by atoms with van der Waals surface area (Å²) in [5.41, 5.74) is 3.08. The van der Waals surface area contributed by atoms with Crippen molar-refractivity contribution in [2.75, 3.05) is 6.16 Å². The van der Waals surface area contributed by atoms with Gasteiger partial charge in [-0.3, -0.25) is 0 Å². The van der Waals surface area contributed by atoms with Crippen LogP contribution in [0.2, 0.25) is 0 Å². The summed E-state index contributed by atoms with van der Waals surface area (Å²) >= 11 is 0. The highest BCUT2D eigenvalue weighted by molar-refractivity contribution is 8.87. The highest BCUT2D eigenvalue weighted by Gasteiger charge is 2.70. The molecule has 0 aromatic carbocycles. The average molecular weight is 960 g/mol. The molecule has 0 nitrogen and oxygen atoms in total. The maximum atomic E-state index is 3.57. The first-order valence-corrected chi connectivity index (χ1v) is 48.0. The lowest BCUT2D eigenvalue weighted by Gasteiger charge is -2.69. The highest BCUT2D eigenvalue weighted by Crippen LogP contribution is 2.96. The quantitative estimate of drug-likeness (QED) is 0.181. The van der Waals surface area contributed by atoms with E-state index in [-0.39, 0.29) is 43.2 Å². The molecule has 4 saturated carbocycles. The van der Waals surface area contributed by atoms with Gasteiger partial charge in [0.15, 0.2) is 0 Å². The van der Waals surface area contributed by atoms with Gasteiger partial charge in [-0.1, -0.05) is 59.9 Å². The first-order valence-electron chi connectivity index (χ1n) is 14.5. The van der Waals surface area contributed by atoms with Gasteiger partial charge in [-0.15, -0.1) is 107 Å². The highest BCUT2D eigenvalue weighted by atomic mass is 32.9. The van der Waals surface area contributed by atoms with Crippen molar-refractivity contribution >= 4 is 175 Å². The third-order valence-electron chi connectivity index (χ3n) is 11.4. The maximum Gasteiger partial charge on any atom is 0.00432 e. The molecule has 42 heavy (non-hydrogen) atoms. The van der Waals surface area contributed by atoms with E-state index in [0.717, 1.165) is 70.8 Å². The van der Waals surface area contributed by atoms with Crippen LogP contribution in [-0.2, 0) is 0 Å². The van der Waals surface area contributed by atoms with E-state index in [9.17, 15) is 0 Å². The molecule has 0 heterocycles. The average Bonchev–Trinajstić information content (AvgIpc) is 3.34. The molecule has 0 aliphatic heterocycles. The lowest BCUT2D eigenvalue weighted by atomic mass is 9.51. The zero-order valence-corrected chi connectivity index (χ0v) is 47.1. The monoisotopic (exact) mass is 960 g/mol. The summed E-state index contributed by atoms with van der Waals surface area (Å²) in [4.78, 5) is 0. The van der Waals surface area contributed by atoms with E-state index in [1.807, 2.05) is 0 Å². The van der Waals surface area contributed by atoms with Crippen molar-refractivity contribution < 1.29 is 0 Å². The zero-order chi connectivity index (χ0) is 31.4. The third-order valence-corrected chi connectivity index (χ3v) is 70.2. The van der Waals surface area contributed by atoms with Crippen molar-refractivity contribution in [3.63, 3.8) is 0 Å². The van der Waals surface area contributed by atoms with Gasteiger partial charge < -0.3 is 0 Å². The molecule has 28 atom stereocenters. The first-order chi connectivity index (χ1) is 19.6. The second-order valence-corrected chi connectivity index (χ2v) is 67.1. The van der Waals surface area contributed by atoms with Crippen molar-refractivity contribution in [1.29, 1.82) is 0 Å². The molecule has 4 aliphatic rings. The molecule has 0 spiro atoms. The SMILES string of the molecule is CC(C)(CP(P)P(P)P)C1CCC2C3C(P(PP)P(P)P)C(P(P)P)C4CC(P)CCC4(PP)C3CCC21P(P)PP. The van der Waals surface area contributed by atoms with Crippen molar-refractivity contribution in [1.82, 2.24) is 0 Å². The Kier molecular flexibility index (Phi) is 19.6. The summed E-state index contributed by atoms with van der Waals surface area (Å²) < 4.78 is 0. The minimum Gasteiger partial charge on any atom is -0.134 e. The number of fused-ring (bicyclic) bond motifs is 5. The largest absolute Gasteiger partial charge is 0.134 e. The van der Waals surface area contributed by atoms with Crippen LogP contribution in [0.4, 0.5) is 0 Å². The maximum absolute atomic E-state index is 3.57. The molecular weight excluding hydrogens is 903 g/mol. The van der Waals surface area contributed by atoms with E-state index in [1.165, 1.54) is 51.1 Å². The van der Waals surface area contributed by atoms with E-state index in [1.54, 1.807) is 0 Å². The summed E-state index contributed by atoms with van der Waals surface area (Å²) in [6, 6.07) is 0. The fourth-order valence-corrected chi connectivity index (χ4v) is 58.9. The standard InChI is InChI=1S/C21H57P21/c1-19(2,10-37(26)41(30)31)15-4-3-13-16-12(6-8-21(13,15)40(29)36-25)20(34-23)7-5-11(22)9-14(20)17(38(27)28)18(16)39(35-24)42(32)33/h11-18,34-36H,3-10,22-33H2,1-2H3. The Morgan fingerprint density at radius 2 is 1.43 bits per heavy atom. The Labute approximate surface area is 299 Å². The first kappa shape index (κ1) is 43.8. The molecule has 28 unspecified atom stereocenters. The van der Waals surface area contributed by atoms with Crippen LogP contribution in [0, 0.1) is 35.0 Å².